The first-order valence-electron chi connectivity index (χ1n) is 11.8. The second kappa shape index (κ2) is 13.3. The zero-order valence-corrected chi connectivity index (χ0v) is 23.0. The first-order chi connectivity index (χ1) is 18.7. The molecule has 3 aromatic carbocycles. The van der Waals surface area contributed by atoms with Crippen molar-refractivity contribution in [2.75, 3.05) is 38.8 Å². The van der Waals surface area contributed by atoms with Gasteiger partial charge in [0, 0.05) is 6.07 Å². The van der Waals surface area contributed by atoms with E-state index in [0.717, 1.165) is 9.87 Å². The van der Waals surface area contributed by atoms with Crippen LogP contribution in [-0.4, -0.2) is 55.0 Å². The number of hydrogen-bond donors (Lipinski definition) is 1. The van der Waals surface area contributed by atoms with E-state index in [-0.39, 0.29) is 16.3 Å². The molecule has 0 aromatic heterocycles. The Morgan fingerprint density at radius 1 is 0.949 bits per heavy atom. The standard InChI is InChI=1S/C28H31N3O7S/c1-6-15-38-26-13-9-21(16-27(26)37-5)18-29-30-28(32)19-31(24-17-22(35-3)10-14-25(24)36-4)39(33,34)23-11-7-20(2)8-12-23/h6-14,16-18H,1,15,19H2,2-5H3,(H,30,32)/b29-18-. The smallest absolute Gasteiger partial charge is 0.264 e. The number of benzene rings is 3. The highest BCUT2D eigenvalue weighted by molar-refractivity contribution is 7.92. The highest BCUT2D eigenvalue weighted by Gasteiger charge is 2.30. The number of methoxy groups -OCH3 is 3. The van der Waals surface area contributed by atoms with Crippen LogP contribution in [0.1, 0.15) is 11.1 Å². The second-order valence-corrected chi connectivity index (χ2v) is 10.0. The van der Waals surface area contributed by atoms with Crippen molar-refractivity contribution >= 4 is 27.8 Å². The third kappa shape index (κ3) is 7.29. The van der Waals surface area contributed by atoms with Gasteiger partial charge in [-0.2, -0.15) is 5.10 Å². The Kier molecular flexibility index (Phi) is 9.93. The van der Waals surface area contributed by atoms with Crippen LogP contribution in [0.15, 0.2) is 83.3 Å². The molecule has 39 heavy (non-hydrogen) atoms. The maximum absolute atomic E-state index is 13.7. The van der Waals surface area contributed by atoms with Crippen molar-refractivity contribution in [2.24, 2.45) is 5.10 Å². The van der Waals surface area contributed by atoms with E-state index in [1.165, 1.54) is 45.7 Å². The zero-order chi connectivity index (χ0) is 28.4. The average Bonchev–Trinajstić information content (AvgIpc) is 2.94. The zero-order valence-electron chi connectivity index (χ0n) is 22.2. The molecule has 0 saturated heterocycles. The molecule has 0 aliphatic carbocycles. The molecule has 0 heterocycles. The predicted molar refractivity (Wildman–Crippen MR) is 150 cm³/mol. The molecule has 10 nitrogen and oxygen atoms in total. The van der Waals surface area contributed by atoms with Gasteiger partial charge in [-0.05, 0) is 55.0 Å². The highest BCUT2D eigenvalue weighted by Crippen LogP contribution is 2.35. The van der Waals surface area contributed by atoms with Crippen LogP contribution in [0.3, 0.4) is 0 Å². The summed E-state index contributed by atoms with van der Waals surface area (Å²) < 4.78 is 49.9. The number of carbonyl (C=O) groups is 1. The number of nitrogens with zero attached hydrogens (tertiary/aromatic N) is 2. The molecule has 11 heteroatoms. The van der Waals surface area contributed by atoms with E-state index in [9.17, 15) is 13.2 Å². The number of amides is 1. The lowest BCUT2D eigenvalue weighted by atomic mass is 10.2. The lowest BCUT2D eigenvalue weighted by Gasteiger charge is -2.25. The summed E-state index contributed by atoms with van der Waals surface area (Å²) in [5.74, 6) is 0.969. The van der Waals surface area contributed by atoms with Crippen LogP contribution < -0.4 is 28.7 Å². The average molecular weight is 554 g/mol. The summed E-state index contributed by atoms with van der Waals surface area (Å²) in [7, 11) is 0.202. The quantitative estimate of drug-likeness (QED) is 0.194. The van der Waals surface area contributed by atoms with Gasteiger partial charge in [0.1, 0.15) is 24.7 Å². The van der Waals surface area contributed by atoms with Crippen molar-refractivity contribution in [3.05, 3.63) is 84.4 Å². The van der Waals surface area contributed by atoms with Gasteiger partial charge < -0.3 is 18.9 Å². The minimum atomic E-state index is -4.17. The number of carbonyl (C=O) groups excluding carboxylic acids is 1. The van der Waals surface area contributed by atoms with Gasteiger partial charge in [0.2, 0.25) is 0 Å². The molecule has 0 saturated carbocycles. The first-order valence-corrected chi connectivity index (χ1v) is 13.2. The number of sulfonamides is 1. The molecule has 1 N–H and O–H groups in total. The van der Waals surface area contributed by atoms with Crippen LogP contribution in [0.4, 0.5) is 5.69 Å². The minimum absolute atomic E-state index is 0.0140. The molecule has 0 unspecified atom stereocenters. The molecule has 0 atom stereocenters. The first kappa shape index (κ1) is 29.1. The molecular weight excluding hydrogens is 522 g/mol. The van der Waals surface area contributed by atoms with Crippen LogP contribution in [0, 0.1) is 6.92 Å². The normalized spacial score (nSPS) is 11.1. The molecule has 3 aromatic rings. The molecule has 0 aliphatic heterocycles. The summed E-state index contributed by atoms with van der Waals surface area (Å²) in [5, 5.41) is 3.98. The van der Waals surface area contributed by atoms with E-state index < -0.39 is 22.5 Å². The van der Waals surface area contributed by atoms with Gasteiger partial charge in [0.05, 0.1) is 38.1 Å². The van der Waals surface area contributed by atoms with Gasteiger partial charge in [-0.3, -0.25) is 9.10 Å². The molecule has 0 bridgehead atoms. The lowest BCUT2D eigenvalue weighted by Crippen LogP contribution is -2.39. The molecule has 206 valence electrons. The Morgan fingerprint density at radius 2 is 1.64 bits per heavy atom. The molecule has 0 spiro atoms. The van der Waals surface area contributed by atoms with Crippen LogP contribution in [-0.2, 0) is 14.8 Å². The molecule has 1 amide bonds. The SMILES string of the molecule is C=CCOc1ccc(/C=N\NC(=O)CN(c2cc(OC)ccc2OC)S(=O)(=O)c2ccc(C)cc2)cc1OC. The lowest BCUT2D eigenvalue weighted by molar-refractivity contribution is -0.119. The molecule has 0 aliphatic rings. The Hall–Kier alpha value is -4.51. The van der Waals surface area contributed by atoms with E-state index in [1.54, 1.807) is 48.5 Å². The van der Waals surface area contributed by atoms with Crippen molar-refractivity contribution in [1.29, 1.82) is 0 Å². The third-order valence-electron chi connectivity index (χ3n) is 5.50. The summed E-state index contributed by atoms with van der Waals surface area (Å²) in [5.41, 5.74) is 4.03. The summed E-state index contributed by atoms with van der Waals surface area (Å²) in [6.07, 6.45) is 3.02. The van der Waals surface area contributed by atoms with E-state index >= 15 is 0 Å². The Bertz CT molecular complexity index is 1440. The molecule has 0 fully saturated rings. The van der Waals surface area contributed by atoms with Crippen LogP contribution in [0.5, 0.6) is 23.0 Å². The largest absolute Gasteiger partial charge is 0.497 e. The van der Waals surface area contributed by atoms with Crippen LogP contribution >= 0.6 is 0 Å². The Labute approximate surface area is 228 Å². The number of anilines is 1. The second-order valence-electron chi connectivity index (χ2n) is 8.17. The van der Waals surface area contributed by atoms with E-state index in [1.807, 2.05) is 6.92 Å². The van der Waals surface area contributed by atoms with Gasteiger partial charge in [-0.25, -0.2) is 13.8 Å². The van der Waals surface area contributed by atoms with Crippen molar-refractivity contribution in [1.82, 2.24) is 5.43 Å². The van der Waals surface area contributed by atoms with Gasteiger partial charge in [0.25, 0.3) is 15.9 Å². The maximum atomic E-state index is 13.7. The fraction of sp³-hybridized carbons (Fsp3) is 0.214. The maximum Gasteiger partial charge on any atom is 0.264 e. The Balaban J connectivity index is 1.88. The minimum Gasteiger partial charge on any atom is -0.497 e. The van der Waals surface area contributed by atoms with Crippen molar-refractivity contribution in [3.63, 3.8) is 0 Å². The Morgan fingerprint density at radius 3 is 2.28 bits per heavy atom. The van der Waals surface area contributed by atoms with E-state index in [4.69, 9.17) is 18.9 Å². The van der Waals surface area contributed by atoms with E-state index in [0.29, 0.717) is 29.4 Å². The summed E-state index contributed by atoms with van der Waals surface area (Å²) >= 11 is 0. The number of hydrogen-bond acceptors (Lipinski definition) is 8. The molecule has 0 radical (unpaired) electrons. The number of aryl methyl sites for hydroxylation is 1. The highest BCUT2D eigenvalue weighted by atomic mass is 32.2. The molecule has 3 rings (SSSR count). The van der Waals surface area contributed by atoms with Gasteiger partial charge in [-0.15, -0.1) is 0 Å². The summed E-state index contributed by atoms with van der Waals surface area (Å²) in [4.78, 5) is 13.0. The van der Waals surface area contributed by atoms with Gasteiger partial charge >= 0.3 is 0 Å². The fourth-order valence-corrected chi connectivity index (χ4v) is 4.93. The van der Waals surface area contributed by atoms with Crippen molar-refractivity contribution < 1.29 is 32.2 Å². The number of nitrogens with one attached hydrogen (secondary N) is 1. The third-order valence-corrected chi connectivity index (χ3v) is 7.27. The summed E-state index contributed by atoms with van der Waals surface area (Å²) in [6, 6.07) is 16.1. The topological polar surface area (TPSA) is 116 Å². The monoisotopic (exact) mass is 553 g/mol. The summed E-state index contributed by atoms with van der Waals surface area (Å²) in [6.45, 7) is 5.21. The van der Waals surface area contributed by atoms with Crippen molar-refractivity contribution in [3.8, 4) is 23.0 Å². The molecular formula is C28H31N3O7S. The van der Waals surface area contributed by atoms with Crippen LogP contribution in [0.2, 0.25) is 0 Å². The number of hydrazone groups is 1. The predicted octanol–water partition coefficient (Wildman–Crippen LogP) is 3.93. The van der Waals surface area contributed by atoms with E-state index in [2.05, 4.69) is 17.1 Å². The van der Waals surface area contributed by atoms with Gasteiger partial charge in [0.15, 0.2) is 11.5 Å². The number of ether oxygens (including phenoxy) is 4. The number of rotatable bonds is 13. The fourth-order valence-electron chi connectivity index (χ4n) is 3.51. The van der Waals surface area contributed by atoms with Gasteiger partial charge in [-0.1, -0.05) is 30.4 Å². The van der Waals surface area contributed by atoms with Crippen molar-refractivity contribution in [2.45, 2.75) is 11.8 Å². The van der Waals surface area contributed by atoms with Crippen LogP contribution in [0.25, 0.3) is 0 Å².